The molecule has 6 nitrogen and oxygen atoms in total. The minimum absolute atomic E-state index is 0.0367. The summed E-state index contributed by atoms with van der Waals surface area (Å²) in [4.78, 5) is 16.7. The lowest BCUT2D eigenvalue weighted by Crippen LogP contribution is -2.55. The van der Waals surface area contributed by atoms with Crippen LogP contribution in [-0.4, -0.2) is 82.4 Å². The van der Waals surface area contributed by atoms with E-state index in [1.807, 2.05) is 0 Å². The third-order valence-electron chi connectivity index (χ3n) is 5.35. The molecule has 0 unspecified atom stereocenters. The smallest absolute Gasteiger partial charge is 0.314 e. The first-order valence-electron chi connectivity index (χ1n) is 8.44. The topological polar surface area (TPSA) is 56.8 Å². The van der Waals surface area contributed by atoms with Gasteiger partial charge in [0.05, 0.1) is 0 Å². The second-order valence-corrected chi connectivity index (χ2v) is 7.06. The van der Waals surface area contributed by atoms with E-state index in [-0.39, 0.29) is 11.4 Å². The summed E-state index contributed by atoms with van der Waals surface area (Å²) < 4.78 is 5.19. The third kappa shape index (κ3) is 4.83. The fourth-order valence-corrected chi connectivity index (χ4v) is 3.37. The molecule has 6 heteroatoms. The van der Waals surface area contributed by atoms with Crippen LogP contribution in [0.3, 0.4) is 0 Å². The summed E-state index contributed by atoms with van der Waals surface area (Å²) >= 11 is 0. The first kappa shape index (κ1) is 17.5. The summed E-state index contributed by atoms with van der Waals surface area (Å²) in [5, 5.41) is 6.09. The van der Waals surface area contributed by atoms with Gasteiger partial charge in [0.15, 0.2) is 0 Å². The van der Waals surface area contributed by atoms with Gasteiger partial charge < -0.3 is 20.3 Å². The Balaban J connectivity index is 1.67. The highest BCUT2D eigenvalue weighted by molar-refractivity contribution is 5.73. The third-order valence-corrected chi connectivity index (χ3v) is 5.35. The van der Waals surface area contributed by atoms with Crippen molar-refractivity contribution in [3.05, 3.63) is 0 Å². The molecule has 2 amide bonds. The summed E-state index contributed by atoms with van der Waals surface area (Å²) in [6.45, 7) is 5.42. The number of rotatable bonds is 7. The average Bonchev–Trinajstić information content (AvgIpc) is 2.47. The van der Waals surface area contributed by atoms with E-state index < -0.39 is 0 Å². The molecule has 0 radical (unpaired) electrons. The van der Waals surface area contributed by atoms with Gasteiger partial charge in [-0.15, -0.1) is 0 Å². The van der Waals surface area contributed by atoms with Gasteiger partial charge >= 0.3 is 6.03 Å². The quantitative estimate of drug-likeness (QED) is 0.728. The lowest BCUT2D eigenvalue weighted by Gasteiger charge is -2.42. The molecule has 0 aromatic heterocycles. The number of piperazine rings is 1. The van der Waals surface area contributed by atoms with Crippen LogP contribution in [0.15, 0.2) is 0 Å². The molecule has 0 bridgehead atoms. The maximum absolute atomic E-state index is 12.0. The SMILES string of the molecule is COCCC1(CNC(=O)NC[C@H]2CN(C)CCN2C)CCC1. The largest absolute Gasteiger partial charge is 0.385 e. The number of methoxy groups -OCH3 is 1. The van der Waals surface area contributed by atoms with E-state index in [4.69, 9.17) is 4.74 Å². The van der Waals surface area contributed by atoms with Crippen LogP contribution in [0.1, 0.15) is 25.7 Å². The van der Waals surface area contributed by atoms with Crippen molar-refractivity contribution in [2.45, 2.75) is 31.7 Å². The average molecular weight is 312 g/mol. The zero-order valence-electron chi connectivity index (χ0n) is 14.4. The van der Waals surface area contributed by atoms with E-state index in [1.165, 1.54) is 19.3 Å². The minimum Gasteiger partial charge on any atom is -0.385 e. The molecule has 2 aliphatic rings. The molecule has 2 fully saturated rings. The van der Waals surface area contributed by atoms with Crippen molar-refractivity contribution in [1.29, 1.82) is 0 Å². The summed E-state index contributed by atoms with van der Waals surface area (Å²) in [7, 11) is 6.01. The number of hydrogen-bond donors (Lipinski definition) is 2. The maximum Gasteiger partial charge on any atom is 0.314 e. The number of carbonyl (C=O) groups is 1. The Morgan fingerprint density at radius 2 is 2.05 bits per heavy atom. The molecule has 1 atom stereocenters. The zero-order chi connectivity index (χ0) is 16.0. The number of nitrogens with zero attached hydrogens (tertiary/aromatic N) is 2. The van der Waals surface area contributed by atoms with Crippen molar-refractivity contribution < 1.29 is 9.53 Å². The van der Waals surface area contributed by atoms with Crippen LogP contribution >= 0.6 is 0 Å². The van der Waals surface area contributed by atoms with Crippen LogP contribution < -0.4 is 10.6 Å². The van der Waals surface area contributed by atoms with Gasteiger partial charge in [0, 0.05) is 52.5 Å². The number of amides is 2. The summed E-state index contributed by atoms with van der Waals surface area (Å²) in [5.74, 6) is 0. The fraction of sp³-hybridized carbons (Fsp3) is 0.938. The molecule has 1 heterocycles. The molecule has 2 rings (SSSR count). The van der Waals surface area contributed by atoms with Crippen LogP contribution in [0, 0.1) is 5.41 Å². The Morgan fingerprint density at radius 3 is 2.68 bits per heavy atom. The van der Waals surface area contributed by atoms with E-state index >= 15 is 0 Å². The van der Waals surface area contributed by atoms with E-state index in [0.717, 1.165) is 39.2 Å². The van der Waals surface area contributed by atoms with Crippen LogP contribution in [0.5, 0.6) is 0 Å². The van der Waals surface area contributed by atoms with Gasteiger partial charge in [-0.25, -0.2) is 4.79 Å². The molecule has 2 N–H and O–H groups in total. The second kappa shape index (κ2) is 8.13. The van der Waals surface area contributed by atoms with Crippen molar-refractivity contribution in [3.8, 4) is 0 Å². The van der Waals surface area contributed by atoms with Gasteiger partial charge in [-0.1, -0.05) is 6.42 Å². The number of likely N-dealkylation sites (N-methyl/N-ethyl adjacent to an activating group) is 2. The molecule has 0 aromatic carbocycles. The highest BCUT2D eigenvalue weighted by atomic mass is 16.5. The molecule has 0 spiro atoms. The molecule has 128 valence electrons. The minimum atomic E-state index is -0.0367. The zero-order valence-corrected chi connectivity index (χ0v) is 14.4. The Bertz CT molecular complexity index is 360. The lowest BCUT2D eigenvalue weighted by atomic mass is 9.67. The fourth-order valence-electron chi connectivity index (χ4n) is 3.37. The summed E-state index contributed by atoms with van der Waals surface area (Å²) in [6.07, 6.45) is 4.71. The van der Waals surface area contributed by atoms with Gasteiger partial charge in [0.25, 0.3) is 0 Å². The van der Waals surface area contributed by atoms with Gasteiger partial charge in [-0.2, -0.15) is 0 Å². The van der Waals surface area contributed by atoms with Gasteiger partial charge in [-0.3, -0.25) is 4.90 Å². The number of ether oxygens (including phenoxy) is 1. The number of hydrogen-bond acceptors (Lipinski definition) is 4. The number of urea groups is 1. The van der Waals surface area contributed by atoms with Crippen LogP contribution in [0.25, 0.3) is 0 Å². The predicted molar refractivity (Wildman–Crippen MR) is 88.1 cm³/mol. The Labute approximate surface area is 134 Å². The summed E-state index contributed by atoms with van der Waals surface area (Å²) in [6, 6.07) is 0.362. The molecule has 0 aromatic rings. The first-order valence-corrected chi connectivity index (χ1v) is 8.44. The van der Waals surface area contributed by atoms with E-state index in [1.54, 1.807) is 7.11 Å². The molecule has 22 heavy (non-hydrogen) atoms. The van der Waals surface area contributed by atoms with E-state index in [0.29, 0.717) is 12.6 Å². The molecule has 1 aliphatic carbocycles. The van der Waals surface area contributed by atoms with Gasteiger partial charge in [-0.05, 0) is 38.8 Å². The van der Waals surface area contributed by atoms with Gasteiger partial charge in [0.2, 0.25) is 0 Å². The van der Waals surface area contributed by atoms with Crippen molar-refractivity contribution in [2.75, 3.05) is 60.5 Å². The van der Waals surface area contributed by atoms with Crippen molar-refractivity contribution in [2.24, 2.45) is 5.41 Å². The first-order chi connectivity index (χ1) is 10.5. The Morgan fingerprint density at radius 1 is 1.27 bits per heavy atom. The Kier molecular flexibility index (Phi) is 6.47. The number of nitrogens with one attached hydrogen (secondary N) is 2. The molecule has 1 saturated heterocycles. The van der Waals surface area contributed by atoms with E-state index in [2.05, 4.69) is 34.5 Å². The highest BCUT2D eigenvalue weighted by Crippen LogP contribution is 2.43. The van der Waals surface area contributed by atoms with Crippen molar-refractivity contribution in [3.63, 3.8) is 0 Å². The molecular weight excluding hydrogens is 280 g/mol. The van der Waals surface area contributed by atoms with Crippen LogP contribution in [0.2, 0.25) is 0 Å². The van der Waals surface area contributed by atoms with Crippen LogP contribution in [-0.2, 0) is 4.74 Å². The normalized spacial score (nSPS) is 25.5. The highest BCUT2D eigenvalue weighted by Gasteiger charge is 2.36. The Hall–Kier alpha value is -0.850. The monoisotopic (exact) mass is 312 g/mol. The molecular formula is C16H32N4O2. The second-order valence-electron chi connectivity index (χ2n) is 7.06. The molecule has 1 aliphatic heterocycles. The van der Waals surface area contributed by atoms with Crippen LogP contribution in [0.4, 0.5) is 4.79 Å². The lowest BCUT2D eigenvalue weighted by molar-refractivity contribution is 0.0708. The van der Waals surface area contributed by atoms with E-state index in [9.17, 15) is 4.79 Å². The van der Waals surface area contributed by atoms with Gasteiger partial charge in [0.1, 0.15) is 0 Å². The van der Waals surface area contributed by atoms with Crippen molar-refractivity contribution >= 4 is 6.03 Å². The molecule has 1 saturated carbocycles. The predicted octanol–water partition coefficient (Wildman–Crippen LogP) is 0.738. The standard InChI is InChI=1S/C16H32N4O2/c1-19-8-9-20(2)14(12-19)11-17-15(21)18-13-16(5-4-6-16)7-10-22-3/h14H,4-13H2,1-3H3,(H2,17,18,21)/t14-/m0/s1. The maximum atomic E-state index is 12.0. The number of carbonyl (C=O) groups excluding carboxylic acids is 1. The van der Waals surface area contributed by atoms with Crippen molar-refractivity contribution in [1.82, 2.24) is 20.4 Å². The summed E-state index contributed by atoms with van der Waals surface area (Å²) in [5.41, 5.74) is 0.273.